The maximum Gasteiger partial charge on any atom is 0.286 e. The van der Waals surface area contributed by atoms with Gasteiger partial charge in [0.15, 0.2) is 5.76 Å². The van der Waals surface area contributed by atoms with Crippen molar-refractivity contribution in [1.82, 2.24) is 10.3 Å². The maximum atomic E-state index is 12.9. The molecule has 1 aromatic carbocycles. The SMILES string of the molecule is C=C=C(/C=C(\O)C(=O)NCC1CCCO1)c1cc(NC(=O)c2cncc(N3CCCC3)c2)ccc1C. The van der Waals surface area contributed by atoms with Crippen LogP contribution in [0, 0.1) is 6.92 Å². The zero-order chi connectivity index (χ0) is 25.5. The summed E-state index contributed by atoms with van der Waals surface area (Å²) in [6, 6.07) is 7.27. The molecular weight excluding hydrogens is 456 g/mol. The van der Waals surface area contributed by atoms with Gasteiger partial charge in [-0.1, -0.05) is 12.6 Å². The summed E-state index contributed by atoms with van der Waals surface area (Å²) >= 11 is 0. The van der Waals surface area contributed by atoms with Crippen molar-refractivity contribution < 1.29 is 19.4 Å². The van der Waals surface area contributed by atoms with E-state index < -0.39 is 11.7 Å². The van der Waals surface area contributed by atoms with Crippen LogP contribution in [0.1, 0.15) is 47.2 Å². The van der Waals surface area contributed by atoms with Gasteiger partial charge in [0.25, 0.3) is 11.8 Å². The van der Waals surface area contributed by atoms with E-state index in [9.17, 15) is 14.7 Å². The number of aliphatic hydroxyl groups is 1. The molecule has 2 aromatic rings. The molecular formula is C28H32N4O4. The number of carbonyl (C=O) groups is 2. The molecule has 3 heterocycles. The van der Waals surface area contributed by atoms with Crippen molar-refractivity contribution in [2.45, 2.75) is 38.7 Å². The summed E-state index contributed by atoms with van der Waals surface area (Å²) in [4.78, 5) is 31.8. The molecule has 8 heteroatoms. The van der Waals surface area contributed by atoms with Crippen LogP contribution in [0.15, 0.2) is 60.8 Å². The van der Waals surface area contributed by atoms with Crippen LogP contribution in [0.25, 0.3) is 5.57 Å². The van der Waals surface area contributed by atoms with Crippen LogP contribution >= 0.6 is 0 Å². The molecule has 3 N–H and O–H groups in total. The average Bonchev–Trinajstić information content (AvgIpc) is 3.62. The number of benzene rings is 1. The van der Waals surface area contributed by atoms with E-state index in [-0.39, 0.29) is 12.0 Å². The van der Waals surface area contributed by atoms with Crippen molar-refractivity contribution in [3.63, 3.8) is 0 Å². The summed E-state index contributed by atoms with van der Waals surface area (Å²) in [6.45, 7) is 8.59. The summed E-state index contributed by atoms with van der Waals surface area (Å²) < 4.78 is 5.50. The standard InChI is InChI=1S/C28H32N4O4/c1-3-20(14-26(33)28(35)30-18-24-7-6-12-36-24)25-15-22(9-8-19(25)2)31-27(34)21-13-23(17-29-16-21)32-10-4-5-11-32/h8-9,13-17,24,33H,1,4-7,10-12,18H2,2H3,(H,30,35)(H,31,34)/b26-14-. The third-order valence-corrected chi connectivity index (χ3v) is 6.46. The smallest absolute Gasteiger partial charge is 0.286 e. The lowest BCUT2D eigenvalue weighted by molar-refractivity contribution is -0.120. The molecule has 2 fully saturated rings. The first-order valence-electron chi connectivity index (χ1n) is 12.3. The number of aryl methyl sites for hydroxylation is 1. The highest BCUT2D eigenvalue weighted by Gasteiger charge is 2.18. The number of pyridine rings is 1. The topological polar surface area (TPSA) is 104 Å². The third kappa shape index (κ3) is 6.22. The van der Waals surface area contributed by atoms with E-state index >= 15 is 0 Å². The van der Waals surface area contributed by atoms with Crippen LogP contribution in [-0.2, 0) is 9.53 Å². The first kappa shape index (κ1) is 25.2. The Morgan fingerprint density at radius 1 is 1.25 bits per heavy atom. The molecule has 1 aromatic heterocycles. The minimum atomic E-state index is -0.592. The molecule has 0 bridgehead atoms. The van der Waals surface area contributed by atoms with Gasteiger partial charge in [-0.15, -0.1) is 5.73 Å². The molecule has 2 aliphatic rings. The Labute approximate surface area is 211 Å². The molecule has 8 nitrogen and oxygen atoms in total. The predicted octanol–water partition coefficient (Wildman–Crippen LogP) is 4.15. The summed E-state index contributed by atoms with van der Waals surface area (Å²) in [6.07, 6.45) is 8.78. The van der Waals surface area contributed by atoms with Crippen LogP contribution in [0.2, 0.25) is 0 Å². The molecule has 2 saturated heterocycles. The van der Waals surface area contributed by atoms with Gasteiger partial charge < -0.3 is 25.4 Å². The molecule has 36 heavy (non-hydrogen) atoms. The minimum absolute atomic E-state index is 0.0232. The first-order valence-corrected chi connectivity index (χ1v) is 12.3. The highest BCUT2D eigenvalue weighted by Crippen LogP contribution is 2.25. The van der Waals surface area contributed by atoms with E-state index in [2.05, 4.69) is 32.8 Å². The molecule has 1 unspecified atom stereocenters. The van der Waals surface area contributed by atoms with Crippen LogP contribution in [0.4, 0.5) is 11.4 Å². The van der Waals surface area contributed by atoms with Gasteiger partial charge in [0.2, 0.25) is 0 Å². The lowest BCUT2D eigenvalue weighted by Gasteiger charge is -2.17. The lowest BCUT2D eigenvalue weighted by Crippen LogP contribution is -2.32. The largest absolute Gasteiger partial charge is 0.503 e. The van der Waals surface area contributed by atoms with Crippen molar-refractivity contribution in [3.05, 3.63) is 77.5 Å². The fourth-order valence-electron chi connectivity index (χ4n) is 4.42. The number of hydrogen-bond donors (Lipinski definition) is 3. The number of nitrogens with one attached hydrogen (secondary N) is 2. The van der Waals surface area contributed by atoms with Crippen molar-refractivity contribution in [2.24, 2.45) is 0 Å². The summed E-state index contributed by atoms with van der Waals surface area (Å²) in [5, 5.41) is 16.0. The number of rotatable bonds is 8. The monoisotopic (exact) mass is 488 g/mol. The zero-order valence-electron chi connectivity index (χ0n) is 20.5. The first-order chi connectivity index (χ1) is 17.4. The van der Waals surface area contributed by atoms with Gasteiger partial charge in [0.05, 0.1) is 23.6 Å². The van der Waals surface area contributed by atoms with Gasteiger partial charge >= 0.3 is 0 Å². The second-order valence-electron chi connectivity index (χ2n) is 9.07. The predicted molar refractivity (Wildman–Crippen MR) is 140 cm³/mol. The Morgan fingerprint density at radius 3 is 2.78 bits per heavy atom. The number of nitrogens with zero attached hydrogens (tertiary/aromatic N) is 2. The molecule has 4 rings (SSSR count). The second kappa shape index (κ2) is 11.7. The van der Waals surface area contributed by atoms with Crippen molar-refractivity contribution in [1.29, 1.82) is 0 Å². The highest BCUT2D eigenvalue weighted by molar-refractivity contribution is 6.05. The Balaban J connectivity index is 1.46. The molecule has 0 aliphatic carbocycles. The molecule has 1 atom stereocenters. The Kier molecular flexibility index (Phi) is 8.21. The number of carbonyl (C=O) groups excluding carboxylic acids is 2. The van der Waals surface area contributed by atoms with Crippen LogP contribution in [0.3, 0.4) is 0 Å². The molecule has 0 radical (unpaired) electrons. The lowest BCUT2D eigenvalue weighted by atomic mass is 9.99. The Hall–Kier alpha value is -3.87. The van der Waals surface area contributed by atoms with E-state index in [1.165, 1.54) is 6.08 Å². The summed E-state index contributed by atoms with van der Waals surface area (Å²) in [5.41, 5.74) is 6.77. The van der Waals surface area contributed by atoms with E-state index in [0.29, 0.717) is 35.5 Å². The van der Waals surface area contributed by atoms with Crippen LogP contribution in [0.5, 0.6) is 0 Å². The Bertz CT molecular complexity index is 1200. The highest BCUT2D eigenvalue weighted by atomic mass is 16.5. The number of anilines is 2. The van der Waals surface area contributed by atoms with Crippen molar-refractivity contribution in [2.75, 3.05) is 36.5 Å². The normalized spacial score (nSPS) is 17.5. The zero-order valence-corrected chi connectivity index (χ0v) is 20.5. The van der Waals surface area contributed by atoms with E-state index in [4.69, 9.17) is 4.74 Å². The number of hydrogen-bond acceptors (Lipinski definition) is 6. The van der Waals surface area contributed by atoms with Crippen molar-refractivity contribution in [3.8, 4) is 0 Å². The molecule has 2 aliphatic heterocycles. The molecule has 188 valence electrons. The summed E-state index contributed by atoms with van der Waals surface area (Å²) in [5.74, 6) is -1.31. The van der Waals surface area contributed by atoms with Gasteiger partial charge in [-0.2, -0.15) is 0 Å². The molecule has 0 saturated carbocycles. The number of aliphatic hydroxyl groups excluding tert-OH is 1. The fraction of sp³-hybridized carbons (Fsp3) is 0.357. The number of aromatic nitrogens is 1. The average molecular weight is 489 g/mol. The number of ether oxygens (including phenoxy) is 1. The molecule has 0 spiro atoms. The number of allylic oxidation sites excluding steroid dienone is 2. The Morgan fingerprint density at radius 2 is 2.06 bits per heavy atom. The summed E-state index contributed by atoms with van der Waals surface area (Å²) in [7, 11) is 0. The van der Waals surface area contributed by atoms with Gasteiger partial charge in [-0.05, 0) is 61.9 Å². The second-order valence-corrected chi connectivity index (χ2v) is 9.07. The van der Waals surface area contributed by atoms with E-state index in [0.717, 1.165) is 50.0 Å². The van der Waals surface area contributed by atoms with Gasteiger partial charge in [0, 0.05) is 49.8 Å². The van der Waals surface area contributed by atoms with Gasteiger partial charge in [-0.25, -0.2) is 0 Å². The van der Waals surface area contributed by atoms with Gasteiger partial charge in [0.1, 0.15) is 0 Å². The van der Waals surface area contributed by atoms with E-state index in [1.807, 2.05) is 19.1 Å². The maximum absolute atomic E-state index is 12.9. The number of amides is 2. The van der Waals surface area contributed by atoms with E-state index in [1.54, 1.807) is 24.5 Å². The van der Waals surface area contributed by atoms with Crippen molar-refractivity contribution >= 4 is 28.8 Å². The van der Waals surface area contributed by atoms with Crippen LogP contribution in [-0.4, -0.2) is 54.2 Å². The van der Waals surface area contributed by atoms with Crippen LogP contribution < -0.4 is 15.5 Å². The minimum Gasteiger partial charge on any atom is -0.503 e. The quantitative estimate of drug-likeness (QED) is 0.223. The third-order valence-electron chi connectivity index (χ3n) is 6.46. The van der Waals surface area contributed by atoms with Gasteiger partial charge in [-0.3, -0.25) is 14.6 Å². The fourth-order valence-corrected chi connectivity index (χ4v) is 4.42. The molecule has 2 amide bonds.